The maximum atomic E-state index is 12.5. The van der Waals surface area contributed by atoms with Crippen molar-refractivity contribution in [1.29, 1.82) is 0 Å². The van der Waals surface area contributed by atoms with Crippen LogP contribution in [0.1, 0.15) is 40.8 Å². The van der Waals surface area contributed by atoms with Crippen molar-refractivity contribution in [3.8, 4) is 22.5 Å². The molecule has 0 bridgehead atoms. The van der Waals surface area contributed by atoms with Gasteiger partial charge in [-0.1, -0.05) is 18.2 Å². The molecule has 0 atom stereocenters. The molecule has 6 rings (SSSR count). The highest BCUT2D eigenvalue weighted by molar-refractivity contribution is 5.97. The Kier molecular flexibility index (Phi) is 6.70. The minimum absolute atomic E-state index is 0.0821. The molecule has 5 heterocycles. The first-order chi connectivity index (χ1) is 19.1. The number of fused-ring (bicyclic) bond motifs is 2. The van der Waals surface area contributed by atoms with Crippen LogP contribution >= 0.6 is 0 Å². The Morgan fingerprint density at radius 3 is 2.59 bits per heavy atom. The van der Waals surface area contributed by atoms with Crippen molar-refractivity contribution in [2.75, 3.05) is 33.9 Å². The molecule has 0 aliphatic carbocycles. The lowest BCUT2D eigenvalue weighted by molar-refractivity contribution is 0.0823. The molecule has 200 valence electrons. The van der Waals surface area contributed by atoms with Gasteiger partial charge < -0.3 is 24.8 Å². The summed E-state index contributed by atoms with van der Waals surface area (Å²) in [6.07, 6.45) is 5.44. The van der Waals surface area contributed by atoms with E-state index in [9.17, 15) is 9.59 Å². The third-order valence-corrected chi connectivity index (χ3v) is 7.66. The number of rotatable bonds is 4. The van der Waals surface area contributed by atoms with E-state index in [1.54, 1.807) is 26.4 Å². The van der Waals surface area contributed by atoms with Crippen molar-refractivity contribution in [1.82, 2.24) is 35.1 Å². The number of urea groups is 1. The van der Waals surface area contributed by atoms with Crippen molar-refractivity contribution in [3.63, 3.8) is 0 Å². The third kappa shape index (κ3) is 4.61. The number of ether oxygens (including phenoxy) is 1. The van der Waals surface area contributed by atoms with Crippen LogP contribution in [-0.2, 0) is 17.8 Å². The molecular weight excluding hydrogens is 494 g/mol. The molecule has 2 aliphatic heterocycles. The van der Waals surface area contributed by atoms with E-state index in [0.717, 1.165) is 70.9 Å². The molecule has 0 spiro atoms. The van der Waals surface area contributed by atoms with E-state index < -0.39 is 0 Å². The van der Waals surface area contributed by atoms with Gasteiger partial charge in [-0.05, 0) is 36.4 Å². The number of nitrogens with one attached hydrogen (secondary N) is 2. The summed E-state index contributed by atoms with van der Waals surface area (Å²) in [7, 11) is 3.25. The normalized spacial score (nSPS) is 15.7. The van der Waals surface area contributed by atoms with Gasteiger partial charge in [-0.25, -0.2) is 9.78 Å². The lowest BCUT2D eigenvalue weighted by atomic mass is 9.99. The van der Waals surface area contributed by atoms with Crippen LogP contribution < -0.4 is 10.6 Å². The Morgan fingerprint density at radius 1 is 1.00 bits per heavy atom. The molecule has 2 aliphatic rings. The molecule has 1 saturated heterocycles. The van der Waals surface area contributed by atoms with Crippen LogP contribution in [0.2, 0.25) is 0 Å². The second-order valence-corrected chi connectivity index (χ2v) is 9.89. The molecule has 2 N–H and O–H groups in total. The number of pyridine rings is 2. The van der Waals surface area contributed by atoms with Gasteiger partial charge in [-0.3, -0.25) is 14.8 Å². The molecule has 0 unspecified atom stereocenters. The largest absolute Gasteiger partial charge is 0.381 e. The van der Waals surface area contributed by atoms with Crippen molar-refractivity contribution < 1.29 is 14.3 Å². The van der Waals surface area contributed by atoms with Gasteiger partial charge in [0.1, 0.15) is 11.5 Å². The quantitative estimate of drug-likeness (QED) is 0.421. The van der Waals surface area contributed by atoms with E-state index in [4.69, 9.17) is 14.7 Å². The molecule has 0 radical (unpaired) electrons. The van der Waals surface area contributed by atoms with Crippen LogP contribution in [-0.4, -0.2) is 70.2 Å². The van der Waals surface area contributed by atoms with Gasteiger partial charge in [0.25, 0.3) is 5.91 Å². The zero-order valence-electron chi connectivity index (χ0n) is 22.1. The van der Waals surface area contributed by atoms with E-state index in [0.29, 0.717) is 31.2 Å². The summed E-state index contributed by atoms with van der Waals surface area (Å²) in [6.45, 7) is 3.34. The van der Waals surface area contributed by atoms with E-state index >= 15 is 0 Å². The number of amides is 3. The SMILES string of the molecule is CNC(=O)c1ccc(-c2cc3cccc(-c4nc(C5CCOCC5)n5c4CN(C(=O)NC)CC5)c3cn2)cn1. The fourth-order valence-corrected chi connectivity index (χ4v) is 5.55. The van der Waals surface area contributed by atoms with Gasteiger partial charge in [0, 0.05) is 75.2 Å². The van der Waals surface area contributed by atoms with Gasteiger partial charge in [0.15, 0.2) is 0 Å². The fourth-order valence-electron chi connectivity index (χ4n) is 5.55. The predicted octanol–water partition coefficient (Wildman–Crippen LogP) is 3.57. The molecule has 3 aromatic heterocycles. The molecule has 1 fully saturated rings. The summed E-state index contributed by atoms with van der Waals surface area (Å²) >= 11 is 0. The Hall–Kier alpha value is -4.31. The van der Waals surface area contributed by atoms with Gasteiger partial charge in [-0.2, -0.15) is 0 Å². The minimum atomic E-state index is -0.226. The second kappa shape index (κ2) is 10.5. The number of carbonyl (C=O) groups excluding carboxylic acids is 2. The summed E-state index contributed by atoms with van der Waals surface area (Å²) in [5.41, 5.74) is 4.92. The Labute approximate surface area is 226 Å². The van der Waals surface area contributed by atoms with Crippen LogP contribution in [0.3, 0.4) is 0 Å². The van der Waals surface area contributed by atoms with Crippen molar-refractivity contribution in [2.24, 2.45) is 0 Å². The third-order valence-electron chi connectivity index (χ3n) is 7.66. The Bertz CT molecular complexity index is 1540. The zero-order chi connectivity index (χ0) is 26.9. The fraction of sp³-hybridized carbons (Fsp3) is 0.345. The monoisotopic (exact) mass is 525 g/mol. The number of nitrogens with zero attached hydrogens (tertiary/aromatic N) is 5. The lowest BCUT2D eigenvalue weighted by Crippen LogP contribution is -2.43. The van der Waals surface area contributed by atoms with Crippen molar-refractivity contribution in [2.45, 2.75) is 31.8 Å². The molecule has 10 heteroatoms. The number of aromatic nitrogens is 4. The number of hydrogen-bond donors (Lipinski definition) is 2. The highest BCUT2D eigenvalue weighted by Gasteiger charge is 2.31. The first kappa shape index (κ1) is 25.0. The first-order valence-electron chi connectivity index (χ1n) is 13.3. The second-order valence-electron chi connectivity index (χ2n) is 9.89. The number of hydrogen-bond acceptors (Lipinski definition) is 6. The summed E-state index contributed by atoms with van der Waals surface area (Å²) in [4.78, 5) is 40.5. The number of carbonyl (C=O) groups is 2. The lowest BCUT2D eigenvalue weighted by Gasteiger charge is -2.30. The standard InChI is InChI=1S/C29H31N7O3/c1-30-28(37)23-7-6-20(15-32-23)24-14-19-4-3-5-21(22(19)16-33-24)26-25-17-35(29(38)31-2)10-11-36(25)27(34-26)18-8-12-39-13-9-18/h3-7,14-16,18H,8-13,17H2,1-2H3,(H,30,37)(H,31,38). The molecule has 1 aromatic carbocycles. The highest BCUT2D eigenvalue weighted by Crippen LogP contribution is 2.37. The summed E-state index contributed by atoms with van der Waals surface area (Å²) in [6, 6.07) is 11.7. The topological polar surface area (TPSA) is 114 Å². The predicted molar refractivity (Wildman–Crippen MR) is 147 cm³/mol. The average molecular weight is 526 g/mol. The van der Waals surface area contributed by atoms with Gasteiger partial charge in [0.05, 0.1) is 23.6 Å². The van der Waals surface area contributed by atoms with Gasteiger partial charge in [-0.15, -0.1) is 0 Å². The maximum Gasteiger partial charge on any atom is 0.317 e. The summed E-state index contributed by atoms with van der Waals surface area (Å²) in [5.74, 6) is 1.20. The van der Waals surface area contributed by atoms with E-state index in [1.807, 2.05) is 29.3 Å². The first-order valence-corrected chi connectivity index (χ1v) is 13.3. The minimum Gasteiger partial charge on any atom is -0.381 e. The number of benzene rings is 1. The molecule has 4 aromatic rings. The maximum absolute atomic E-state index is 12.5. The van der Waals surface area contributed by atoms with Gasteiger partial charge >= 0.3 is 6.03 Å². The Morgan fingerprint density at radius 2 is 1.85 bits per heavy atom. The molecular formula is C29H31N7O3. The van der Waals surface area contributed by atoms with Crippen LogP contribution in [0.4, 0.5) is 4.79 Å². The van der Waals surface area contributed by atoms with Crippen LogP contribution in [0.25, 0.3) is 33.3 Å². The number of imidazole rings is 1. The van der Waals surface area contributed by atoms with Crippen LogP contribution in [0.15, 0.2) is 48.8 Å². The molecule has 3 amide bonds. The molecule has 10 nitrogen and oxygen atoms in total. The Balaban J connectivity index is 1.42. The van der Waals surface area contributed by atoms with Crippen molar-refractivity contribution >= 4 is 22.7 Å². The highest BCUT2D eigenvalue weighted by atomic mass is 16.5. The van der Waals surface area contributed by atoms with Gasteiger partial charge in [0.2, 0.25) is 0 Å². The zero-order valence-corrected chi connectivity index (χ0v) is 22.1. The summed E-state index contributed by atoms with van der Waals surface area (Å²) < 4.78 is 7.94. The summed E-state index contributed by atoms with van der Waals surface area (Å²) in [5, 5.41) is 7.37. The van der Waals surface area contributed by atoms with E-state index in [-0.39, 0.29) is 11.9 Å². The van der Waals surface area contributed by atoms with Crippen LogP contribution in [0.5, 0.6) is 0 Å². The van der Waals surface area contributed by atoms with Crippen molar-refractivity contribution in [3.05, 3.63) is 66.0 Å². The smallest absolute Gasteiger partial charge is 0.317 e. The van der Waals surface area contributed by atoms with E-state index in [2.05, 4.69) is 32.3 Å². The van der Waals surface area contributed by atoms with E-state index in [1.165, 1.54) is 0 Å². The van der Waals surface area contributed by atoms with Crippen LogP contribution in [0, 0.1) is 0 Å². The molecule has 0 saturated carbocycles. The molecule has 39 heavy (non-hydrogen) atoms. The average Bonchev–Trinajstić information content (AvgIpc) is 3.39.